The quantitative estimate of drug-likeness (QED) is 0.821. The first kappa shape index (κ1) is 21.0. The summed E-state index contributed by atoms with van der Waals surface area (Å²) in [4.78, 5) is 41.5. The first-order valence-corrected chi connectivity index (χ1v) is 10.3. The van der Waals surface area contributed by atoms with E-state index in [0.29, 0.717) is 65.3 Å². The maximum absolute atomic E-state index is 12.5. The summed E-state index contributed by atoms with van der Waals surface area (Å²) in [7, 11) is 0. The normalized spacial score (nSPS) is 16.6. The van der Waals surface area contributed by atoms with Gasteiger partial charge >= 0.3 is 6.03 Å². The number of hydrogen-bond donors (Lipinski definition) is 1. The fourth-order valence-electron chi connectivity index (χ4n) is 3.72. The number of carbonyl (C=O) groups is 3. The van der Waals surface area contributed by atoms with E-state index in [-0.39, 0.29) is 17.8 Å². The number of amides is 4. The second-order valence-corrected chi connectivity index (χ2v) is 7.43. The second-order valence-electron chi connectivity index (χ2n) is 7.43. The van der Waals surface area contributed by atoms with E-state index in [4.69, 9.17) is 4.74 Å². The molecule has 1 aromatic rings. The summed E-state index contributed by atoms with van der Waals surface area (Å²) in [5.74, 6) is 0.974. The topological polar surface area (TPSA) is 82.2 Å². The van der Waals surface area contributed by atoms with Crippen molar-refractivity contribution in [3.8, 4) is 5.75 Å². The van der Waals surface area contributed by atoms with E-state index in [1.807, 2.05) is 30.0 Å². The van der Waals surface area contributed by atoms with E-state index in [9.17, 15) is 14.4 Å². The molecule has 8 heteroatoms. The molecule has 1 fully saturated rings. The molecule has 0 atom stereocenters. The maximum Gasteiger partial charge on any atom is 0.317 e. The van der Waals surface area contributed by atoms with Crippen LogP contribution in [0.15, 0.2) is 18.2 Å². The molecule has 158 valence electrons. The van der Waals surface area contributed by atoms with Gasteiger partial charge in [-0.15, -0.1) is 0 Å². The SMILES string of the molecule is CCNC(=O)N1CCOc2ccc(CCC(=O)N3CCN(C(C)=O)CC3)cc2C1. The van der Waals surface area contributed by atoms with Crippen LogP contribution in [-0.4, -0.2) is 78.4 Å². The Hall–Kier alpha value is -2.77. The number of rotatable bonds is 4. The number of benzene rings is 1. The predicted octanol–water partition coefficient (Wildman–Crippen LogP) is 1.23. The van der Waals surface area contributed by atoms with Crippen LogP contribution in [0.2, 0.25) is 0 Å². The Kier molecular flexibility index (Phi) is 6.95. The average Bonchev–Trinajstić information content (AvgIpc) is 2.94. The van der Waals surface area contributed by atoms with Gasteiger partial charge in [-0.3, -0.25) is 9.59 Å². The van der Waals surface area contributed by atoms with Crippen LogP contribution >= 0.6 is 0 Å². The van der Waals surface area contributed by atoms with E-state index in [1.54, 1.807) is 16.7 Å². The summed E-state index contributed by atoms with van der Waals surface area (Å²) < 4.78 is 5.78. The van der Waals surface area contributed by atoms with Gasteiger partial charge in [0.15, 0.2) is 0 Å². The largest absolute Gasteiger partial charge is 0.491 e. The number of piperazine rings is 1. The standard InChI is InChI=1S/C21H30N4O4/c1-3-22-21(28)25-12-13-29-19-6-4-17(14-18(19)15-25)5-7-20(27)24-10-8-23(9-11-24)16(2)26/h4,6,14H,3,5,7-13,15H2,1-2H3,(H,22,28). The fraction of sp³-hybridized carbons (Fsp3) is 0.571. The minimum Gasteiger partial charge on any atom is -0.491 e. The summed E-state index contributed by atoms with van der Waals surface area (Å²) in [6, 6.07) is 5.87. The molecule has 2 aliphatic heterocycles. The molecule has 1 N–H and O–H groups in total. The Morgan fingerprint density at radius 3 is 2.45 bits per heavy atom. The van der Waals surface area contributed by atoms with Gasteiger partial charge in [-0.2, -0.15) is 0 Å². The third-order valence-corrected chi connectivity index (χ3v) is 5.43. The number of ether oxygens (including phenoxy) is 1. The van der Waals surface area contributed by atoms with Crippen LogP contribution in [-0.2, 0) is 22.6 Å². The van der Waals surface area contributed by atoms with E-state index in [0.717, 1.165) is 16.9 Å². The second kappa shape index (κ2) is 9.62. The summed E-state index contributed by atoms with van der Waals surface area (Å²) in [5.41, 5.74) is 2.02. The van der Waals surface area contributed by atoms with Gasteiger partial charge in [0.1, 0.15) is 12.4 Å². The highest BCUT2D eigenvalue weighted by Gasteiger charge is 2.23. The van der Waals surface area contributed by atoms with E-state index in [2.05, 4.69) is 5.32 Å². The summed E-state index contributed by atoms with van der Waals surface area (Å²) in [5, 5.41) is 2.83. The van der Waals surface area contributed by atoms with Gasteiger partial charge in [0.25, 0.3) is 0 Å². The molecule has 1 aromatic carbocycles. The molecule has 2 heterocycles. The van der Waals surface area contributed by atoms with Crippen LogP contribution in [0.4, 0.5) is 4.79 Å². The molecule has 8 nitrogen and oxygen atoms in total. The van der Waals surface area contributed by atoms with Gasteiger partial charge in [0.05, 0.1) is 13.1 Å². The number of fused-ring (bicyclic) bond motifs is 1. The van der Waals surface area contributed by atoms with Crippen molar-refractivity contribution in [2.45, 2.75) is 33.2 Å². The summed E-state index contributed by atoms with van der Waals surface area (Å²) in [6.45, 7) is 7.95. The smallest absolute Gasteiger partial charge is 0.317 e. The van der Waals surface area contributed by atoms with Crippen molar-refractivity contribution in [2.24, 2.45) is 0 Å². The number of nitrogens with zero attached hydrogens (tertiary/aromatic N) is 3. The highest BCUT2D eigenvalue weighted by atomic mass is 16.5. The molecule has 0 saturated carbocycles. The van der Waals surface area contributed by atoms with E-state index in [1.165, 1.54) is 0 Å². The Bertz CT molecular complexity index is 759. The fourth-order valence-corrected chi connectivity index (χ4v) is 3.72. The molecule has 0 aliphatic carbocycles. The summed E-state index contributed by atoms with van der Waals surface area (Å²) >= 11 is 0. The number of carbonyl (C=O) groups excluding carboxylic acids is 3. The zero-order chi connectivity index (χ0) is 20.8. The van der Waals surface area contributed by atoms with Gasteiger partial charge in [0.2, 0.25) is 11.8 Å². The molecule has 2 aliphatic rings. The number of nitrogens with one attached hydrogen (secondary N) is 1. The molecule has 0 aromatic heterocycles. The Labute approximate surface area is 171 Å². The molecule has 1 saturated heterocycles. The Balaban J connectivity index is 1.56. The highest BCUT2D eigenvalue weighted by molar-refractivity contribution is 5.77. The van der Waals surface area contributed by atoms with Crippen molar-refractivity contribution in [1.82, 2.24) is 20.0 Å². The zero-order valence-electron chi connectivity index (χ0n) is 17.3. The number of hydrogen-bond acceptors (Lipinski definition) is 4. The maximum atomic E-state index is 12.5. The first-order chi connectivity index (χ1) is 14.0. The van der Waals surface area contributed by atoms with Gasteiger partial charge in [-0.1, -0.05) is 12.1 Å². The predicted molar refractivity (Wildman–Crippen MR) is 109 cm³/mol. The van der Waals surface area contributed by atoms with Crippen LogP contribution < -0.4 is 10.1 Å². The lowest BCUT2D eigenvalue weighted by atomic mass is 10.0. The van der Waals surface area contributed by atoms with Crippen molar-refractivity contribution in [1.29, 1.82) is 0 Å². The van der Waals surface area contributed by atoms with Gasteiger partial charge in [-0.25, -0.2) is 4.79 Å². The van der Waals surface area contributed by atoms with E-state index < -0.39 is 0 Å². The van der Waals surface area contributed by atoms with Crippen molar-refractivity contribution in [3.05, 3.63) is 29.3 Å². The molecule has 29 heavy (non-hydrogen) atoms. The minimum atomic E-state index is -0.0887. The molecule has 0 spiro atoms. The van der Waals surface area contributed by atoms with Crippen molar-refractivity contribution < 1.29 is 19.1 Å². The van der Waals surface area contributed by atoms with Gasteiger partial charge in [0, 0.05) is 51.6 Å². The molecule has 0 bridgehead atoms. The molecular weight excluding hydrogens is 372 g/mol. The number of aryl methyl sites for hydroxylation is 1. The highest BCUT2D eigenvalue weighted by Crippen LogP contribution is 2.25. The zero-order valence-corrected chi connectivity index (χ0v) is 17.3. The Morgan fingerprint density at radius 1 is 1.03 bits per heavy atom. The van der Waals surface area contributed by atoms with Gasteiger partial charge < -0.3 is 24.8 Å². The van der Waals surface area contributed by atoms with Crippen LogP contribution in [0.1, 0.15) is 31.4 Å². The monoisotopic (exact) mass is 402 g/mol. The molecule has 0 unspecified atom stereocenters. The van der Waals surface area contributed by atoms with Crippen molar-refractivity contribution >= 4 is 17.8 Å². The molecule has 3 rings (SSSR count). The third-order valence-electron chi connectivity index (χ3n) is 5.43. The van der Waals surface area contributed by atoms with E-state index >= 15 is 0 Å². The van der Waals surface area contributed by atoms with Gasteiger partial charge in [-0.05, 0) is 25.0 Å². The molecule has 4 amide bonds. The lowest BCUT2D eigenvalue weighted by Crippen LogP contribution is -2.50. The molecular formula is C21H30N4O4. The van der Waals surface area contributed by atoms with Crippen LogP contribution in [0.5, 0.6) is 5.75 Å². The number of urea groups is 1. The van der Waals surface area contributed by atoms with Crippen LogP contribution in [0.25, 0.3) is 0 Å². The Morgan fingerprint density at radius 2 is 1.76 bits per heavy atom. The first-order valence-electron chi connectivity index (χ1n) is 10.3. The van der Waals surface area contributed by atoms with Crippen LogP contribution in [0.3, 0.4) is 0 Å². The summed E-state index contributed by atoms with van der Waals surface area (Å²) in [6.07, 6.45) is 1.07. The minimum absolute atomic E-state index is 0.0611. The van der Waals surface area contributed by atoms with Crippen molar-refractivity contribution in [3.63, 3.8) is 0 Å². The lowest BCUT2D eigenvalue weighted by Gasteiger charge is -2.34. The molecule has 0 radical (unpaired) electrons. The lowest BCUT2D eigenvalue weighted by molar-refractivity contribution is -0.138. The van der Waals surface area contributed by atoms with Crippen molar-refractivity contribution in [2.75, 3.05) is 45.9 Å². The van der Waals surface area contributed by atoms with Crippen LogP contribution in [0, 0.1) is 0 Å². The third kappa shape index (κ3) is 5.40. The average molecular weight is 402 g/mol.